The van der Waals surface area contributed by atoms with Gasteiger partial charge in [0.15, 0.2) is 0 Å². The van der Waals surface area contributed by atoms with Crippen LogP contribution in [0.5, 0.6) is 5.75 Å². The first-order valence-corrected chi connectivity index (χ1v) is 11.9. The van der Waals surface area contributed by atoms with Gasteiger partial charge in [-0.2, -0.15) is 5.10 Å². The van der Waals surface area contributed by atoms with Crippen molar-refractivity contribution in [1.82, 2.24) is 9.78 Å². The summed E-state index contributed by atoms with van der Waals surface area (Å²) < 4.78 is 7.98. The van der Waals surface area contributed by atoms with E-state index >= 15 is 0 Å². The predicted octanol–water partition coefficient (Wildman–Crippen LogP) is 6.84. The van der Waals surface area contributed by atoms with E-state index in [-0.39, 0.29) is 0 Å². The fourth-order valence-corrected chi connectivity index (χ4v) is 4.64. The fraction of sp³-hybridized carbons (Fsp3) is 0.276. The van der Waals surface area contributed by atoms with Gasteiger partial charge in [0.1, 0.15) is 12.4 Å². The Balaban J connectivity index is 1.15. The van der Waals surface area contributed by atoms with Crippen molar-refractivity contribution in [2.24, 2.45) is 5.92 Å². The number of benzene rings is 3. The van der Waals surface area contributed by atoms with Gasteiger partial charge in [0, 0.05) is 30.4 Å². The molecule has 1 aliphatic carbocycles. The second-order valence-corrected chi connectivity index (χ2v) is 8.92. The van der Waals surface area contributed by atoms with Gasteiger partial charge in [0.2, 0.25) is 0 Å². The van der Waals surface area contributed by atoms with E-state index in [2.05, 4.69) is 72.2 Å². The van der Waals surface area contributed by atoms with Crippen molar-refractivity contribution in [1.29, 1.82) is 0 Å². The minimum absolute atomic E-state index is 0.553. The average molecular weight is 438 g/mol. The molecule has 0 unspecified atom stereocenters. The molecule has 0 saturated heterocycles. The van der Waals surface area contributed by atoms with Crippen molar-refractivity contribution < 1.29 is 4.74 Å². The molecule has 1 aliphatic rings. The van der Waals surface area contributed by atoms with Crippen molar-refractivity contribution in [2.75, 3.05) is 11.9 Å². The molecule has 1 N–H and O–H groups in total. The SMILES string of the molecule is c1ccc(COc2cccc(-n3ccc(C4CCC(CNc5ccccc5)CC4)n3)c2)cc1. The van der Waals surface area contributed by atoms with Crippen LogP contribution in [0, 0.1) is 5.92 Å². The van der Waals surface area contributed by atoms with Crippen LogP contribution in [0.15, 0.2) is 97.2 Å². The van der Waals surface area contributed by atoms with Crippen molar-refractivity contribution in [3.63, 3.8) is 0 Å². The van der Waals surface area contributed by atoms with Crippen molar-refractivity contribution in [3.05, 3.63) is 108 Å². The molecule has 33 heavy (non-hydrogen) atoms. The monoisotopic (exact) mass is 437 g/mol. The lowest BCUT2D eigenvalue weighted by Gasteiger charge is -2.28. The number of hydrogen-bond acceptors (Lipinski definition) is 3. The highest BCUT2D eigenvalue weighted by Gasteiger charge is 2.24. The number of nitrogens with one attached hydrogen (secondary N) is 1. The van der Waals surface area contributed by atoms with Gasteiger partial charge in [-0.15, -0.1) is 0 Å². The van der Waals surface area contributed by atoms with Crippen LogP contribution in [0.4, 0.5) is 5.69 Å². The molecule has 1 fully saturated rings. The second kappa shape index (κ2) is 10.4. The lowest BCUT2D eigenvalue weighted by Crippen LogP contribution is -2.20. The standard InChI is InChI=1S/C29H31N3O/c1-3-8-24(9-4-1)22-33-28-13-7-12-27(20-28)32-19-18-29(31-32)25-16-14-23(15-17-25)21-30-26-10-5-2-6-11-26/h1-13,18-20,23,25,30H,14-17,21-22H2. The van der Waals surface area contributed by atoms with Crippen LogP contribution < -0.4 is 10.1 Å². The van der Waals surface area contributed by atoms with Crippen molar-refractivity contribution >= 4 is 5.69 Å². The number of ether oxygens (including phenoxy) is 1. The summed E-state index contributed by atoms with van der Waals surface area (Å²) >= 11 is 0. The maximum atomic E-state index is 6.00. The van der Waals surface area contributed by atoms with E-state index in [4.69, 9.17) is 9.84 Å². The minimum Gasteiger partial charge on any atom is -0.489 e. The summed E-state index contributed by atoms with van der Waals surface area (Å²) in [5.74, 6) is 2.15. The van der Waals surface area contributed by atoms with Crippen LogP contribution in [0.25, 0.3) is 5.69 Å². The summed E-state index contributed by atoms with van der Waals surface area (Å²) in [6.07, 6.45) is 6.99. The van der Waals surface area contributed by atoms with E-state index in [9.17, 15) is 0 Å². The Kier molecular flexibility index (Phi) is 6.71. The molecule has 4 nitrogen and oxygen atoms in total. The number of hydrogen-bond donors (Lipinski definition) is 1. The molecule has 4 aromatic rings. The lowest BCUT2D eigenvalue weighted by atomic mass is 9.80. The molecule has 0 spiro atoms. The molecule has 1 heterocycles. The van der Waals surface area contributed by atoms with Gasteiger partial charge in [0.05, 0.1) is 11.4 Å². The Bertz CT molecular complexity index is 1130. The zero-order valence-electron chi connectivity index (χ0n) is 18.9. The van der Waals surface area contributed by atoms with Crippen LogP contribution in [0.3, 0.4) is 0 Å². The van der Waals surface area contributed by atoms with Crippen molar-refractivity contribution in [2.45, 2.75) is 38.2 Å². The number of aromatic nitrogens is 2. The maximum Gasteiger partial charge on any atom is 0.121 e. The first-order valence-electron chi connectivity index (χ1n) is 11.9. The molecular weight excluding hydrogens is 406 g/mol. The molecule has 168 valence electrons. The summed E-state index contributed by atoms with van der Waals surface area (Å²) in [6, 6.07) is 31.1. The molecule has 5 rings (SSSR count). The first-order chi connectivity index (χ1) is 16.3. The van der Waals surface area contributed by atoms with Gasteiger partial charge in [-0.1, -0.05) is 54.6 Å². The van der Waals surface area contributed by atoms with Gasteiger partial charge in [-0.25, -0.2) is 4.68 Å². The van der Waals surface area contributed by atoms with Gasteiger partial charge in [-0.05, 0) is 67.5 Å². The molecule has 0 amide bonds. The minimum atomic E-state index is 0.553. The van der Waals surface area contributed by atoms with E-state index in [1.165, 1.54) is 42.6 Å². The Morgan fingerprint density at radius 2 is 1.58 bits per heavy atom. The second-order valence-electron chi connectivity index (χ2n) is 8.92. The molecule has 0 bridgehead atoms. The van der Waals surface area contributed by atoms with E-state index in [1.54, 1.807) is 0 Å². The first kappa shape index (κ1) is 21.3. The van der Waals surface area contributed by atoms with E-state index < -0.39 is 0 Å². The topological polar surface area (TPSA) is 39.1 Å². The van der Waals surface area contributed by atoms with Crippen LogP contribution in [0.2, 0.25) is 0 Å². The third-order valence-electron chi connectivity index (χ3n) is 6.57. The summed E-state index contributed by atoms with van der Waals surface area (Å²) in [4.78, 5) is 0. The summed E-state index contributed by atoms with van der Waals surface area (Å²) in [5.41, 5.74) is 4.62. The van der Waals surface area contributed by atoms with E-state index in [1.807, 2.05) is 35.0 Å². The Morgan fingerprint density at radius 1 is 0.818 bits per heavy atom. The van der Waals surface area contributed by atoms with Crippen LogP contribution in [-0.4, -0.2) is 16.3 Å². The van der Waals surface area contributed by atoms with Gasteiger partial charge in [-0.3, -0.25) is 0 Å². The number of nitrogens with zero attached hydrogens (tertiary/aromatic N) is 2. The molecule has 3 aromatic carbocycles. The molecule has 1 aromatic heterocycles. The highest BCUT2D eigenvalue weighted by Crippen LogP contribution is 2.35. The highest BCUT2D eigenvalue weighted by molar-refractivity contribution is 5.42. The van der Waals surface area contributed by atoms with Gasteiger partial charge >= 0.3 is 0 Å². The molecule has 4 heteroatoms. The largest absolute Gasteiger partial charge is 0.489 e. The normalized spacial score (nSPS) is 18.1. The van der Waals surface area contributed by atoms with Gasteiger partial charge in [0.25, 0.3) is 0 Å². The quantitative estimate of drug-likeness (QED) is 0.328. The van der Waals surface area contributed by atoms with Crippen LogP contribution >= 0.6 is 0 Å². The zero-order chi connectivity index (χ0) is 22.3. The number of rotatable bonds is 8. The predicted molar refractivity (Wildman–Crippen MR) is 134 cm³/mol. The molecule has 0 aliphatic heterocycles. The Morgan fingerprint density at radius 3 is 2.36 bits per heavy atom. The van der Waals surface area contributed by atoms with Crippen LogP contribution in [-0.2, 0) is 6.61 Å². The molecular formula is C29H31N3O. The highest BCUT2D eigenvalue weighted by atomic mass is 16.5. The lowest BCUT2D eigenvalue weighted by molar-refractivity contribution is 0.306. The van der Waals surface area contributed by atoms with Crippen LogP contribution in [0.1, 0.15) is 42.9 Å². The molecule has 0 atom stereocenters. The fourth-order valence-electron chi connectivity index (χ4n) is 4.64. The maximum absolute atomic E-state index is 6.00. The zero-order valence-corrected chi connectivity index (χ0v) is 18.9. The van der Waals surface area contributed by atoms with Crippen molar-refractivity contribution in [3.8, 4) is 11.4 Å². The smallest absolute Gasteiger partial charge is 0.121 e. The summed E-state index contributed by atoms with van der Waals surface area (Å²) in [6.45, 7) is 1.62. The third kappa shape index (κ3) is 5.64. The molecule has 1 saturated carbocycles. The Labute approximate surface area is 196 Å². The van der Waals surface area contributed by atoms with E-state index in [0.29, 0.717) is 12.5 Å². The summed E-state index contributed by atoms with van der Waals surface area (Å²) in [5, 5.41) is 8.52. The third-order valence-corrected chi connectivity index (χ3v) is 6.57. The number of anilines is 1. The molecule has 0 radical (unpaired) electrons. The number of para-hydroxylation sites is 1. The average Bonchev–Trinajstić information content (AvgIpc) is 3.39. The Hall–Kier alpha value is -3.53. The van der Waals surface area contributed by atoms with Gasteiger partial charge < -0.3 is 10.1 Å². The van der Waals surface area contributed by atoms with E-state index in [0.717, 1.165) is 23.9 Å². The summed E-state index contributed by atoms with van der Waals surface area (Å²) in [7, 11) is 0.